The largest absolute Gasteiger partial charge is 0.497 e. The van der Waals surface area contributed by atoms with Crippen molar-refractivity contribution in [2.75, 3.05) is 19.5 Å². The molecule has 1 heterocycles. The summed E-state index contributed by atoms with van der Waals surface area (Å²) in [4.78, 5) is 3.38. The van der Waals surface area contributed by atoms with Gasteiger partial charge in [0.1, 0.15) is 5.75 Å². The van der Waals surface area contributed by atoms with Crippen molar-refractivity contribution in [3.8, 4) is 5.75 Å². The summed E-state index contributed by atoms with van der Waals surface area (Å²) < 4.78 is 5.14. The maximum absolute atomic E-state index is 5.42. The molecule has 0 atom stereocenters. The van der Waals surface area contributed by atoms with Gasteiger partial charge in [-0.3, -0.25) is 0 Å². The third-order valence-corrected chi connectivity index (χ3v) is 4.46. The van der Waals surface area contributed by atoms with Crippen molar-refractivity contribution in [3.63, 3.8) is 0 Å². The molecule has 1 aromatic heterocycles. The summed E-state index contributed by atoms with van der Waals surface area (Å²) in [6.07, 6.45) is 0. The van der Waals surface area contributed by atoms with Gasteiger partial charge >= 0.3 is 0 Å². The fourth-order valence-corrected chi connectivity index (χ4v) is 2.89. The van der Waals surface area contributed by atoms with Crippen molar-refractivity contribution in [1.82, 2.24) is 4.90 Å². The van der Waals surface area contributed by atoms with Gasteiger partial charge in [0.25, 0.3) is 0 Å². The van der Waals surface area contributed by atoms with Crippen molar-refractivity contribution in [1.29, 1.82) is 0 Å². The number of nitrogens with zero attached hydrogens (tertiary/aromatic N) is 1. The first-order valence-electron chi connectivity index (χ1n) is 6.29. The lowest BCUT2D eigenvalue weighted by Crippen LogP contribution is -2.30. The van der Waals surface area contributed by atoms with Crippen molar-refractivity contribution in [2.24, 2.45) is 0 Å². The van der Waals surface area contributed by atoms with E-state index in [4.69, 9.17) is 17.0 Å². The van der Waals surface area contributed by atoms with E-state index in [1.54, 1.807) is 18.4 Å². The number of rotatable bonds is 4. The molecule has 0 bridgehead atoms. The summed E-state index contributed by atoms with van der Waals surface area (Å²) in [5, 5.41) is 6.05. The molecule has 3 nitrogen and oxygen atoms in total. The Labute approximate surface area is 129 Å². The molecule has 5 heteroatoms. The molecule has 0 fully saturated rings. The van der Waals surface area contributed by atoms with Gasteiger partial charge in [0.15, 0.2) is 5.11 Å². The summed E-state index contributed by atoms with van der Waals surface area (Å²) in [5.41, 5.74) is 2.28. The summed E-state index contributed by atoms with van der Waals surface area (Å²) in [5.74, 6) is 0.837. The smallest absolute Gasteiger partial charge is 0.173 e. The monoisotopic (exact) mass is 306 g/mol. The Balaban J connectivity index is 1.95. The van der Waals surface area contributed by atoms with Crippen LogP contribution in [0, 0.1) is 6.92 Å². The van der Waals surface area contributed by atoms with Crippen LogP contribution in [0.4, 0.5) is 5.69 Å². The molecule has 0 aliphatic carbocycles. The van der Waals surface area contributed by atoms with Gasteiger partial charge in [-0.2, -0.15) is 0 Å². The zero-order valence-corrected chi connectivity index (χ0v) is 13.5. The minimum atomic E-state index is 0.711. The molecule has 106 valence electrons. The first-order valence-corrected chi connectivity index (χ1v) is 7.58. The van der Waals surface area contributed by atoms with E-state index in [2.05, 4.69) is 23.7 Å². The number of thiocarbonyl (C=S) groups is 1. The SMILES string of the molecule is COc1ccc(NC(=S)N(C)Cc2sccc2C)cc1. The van der Waals surface area contributed by atoms with Crippen LogP contribution < -0.4 is 10.1 Å². The van der Waals surface area contributed by atoms with Crippen LogP contribution in [0.5, 0.6) is 5.75 Å². The van der Waals surface area contributed by atoms with Crippen LogP contribution in [-0.4, -0.2) is 24.2 Å². The highest BCUT2D eigenvalue weighted by molar-refractivity contribution is 7.80. The minimum Gasteiger partial charge on any atom is -0.497 e. The van der Waals surface area contributed by atoms with Crippen LogP contribution in [0.25, 0.3) is 0 Å². The first kappa shape index (κ1) is 14.8. The molecule has 1 aromatic carbocycles. The number of thiophene rings is 1. The van der Waals surface area contributed by atoms with Gasteiger partial charge in [-0.05, 0) is 60.4 Å². The Kier molecular flexibility index (Phi) is 4.98. The molecule has 0 spiro atoms. The molecule has 20 heavy (non-hydrogen) atoms. The second kappa shape index (κ2) is 6.72. The molecular formula is C15H18N2OS2. The highest BCUT2D eigenvalue weighted by Crippen LogP contribution is 2.19. The fraction of sp³-hybridized carbons (Fsp3) is 0.267. The molecule has 0 unspecified atom stereocenters. The zero-order valence-electron chi connectivity index (χ0n) is 11.8. The number of nitrogens with one attached hydrogen (secondary N) is 1. The van der Waals surface area contributed by atoms with Crippen LogP contribution in [0.1, 0.15) is 10.4 Å². The van der Waals surface area contributed by atoms with E-state index in [1.165, 1.54) is 10.4 Å². The lowest BCUT2D eigenvalue weighted by Gasteiger charge is -2.21. The van der Waals surface area contributed by atoms with Gasteiger partial charge in [-0.25, -0.2) is 0 Å². The Hall–Kier alpha value is -1.59. The van der Waals surface area contributed by atoms with Crippen LogP contribution in [0.3, 0.4) is 0 Å². The average Bonchev–Trinajstić information content (AvgIpc) is 2.85. The number of ether oxygens (including phenoxy) is 1. The van der Waals surface area contributed by atoms with E-state index in [0.29, 0.717) is 5.11 Å². The third-order valence-electron chi connectivity index (χ3n) is 3.04. The first-order chi connectivity index (χ1) is 9.60. The Morgan fingerprint density at radius 1 is 1.30 bits per heavy atom. The van der Waals surface area contributed by atoms with E-state index in [0.717, 1.165) is 18.0 Å². The molecule has 0 saturated heterocycles. The molecule has 0 saturated carbocycles. The molecule has 1 N–H and O–H groups in total. The Morgan fingerprint density at radius 3 is 2.55 bits per heavy atom. The van der Waals surface area contributed by atoms with E-state index in [1.807, 2.05) is 36.2 Å². The van der Waals surface area contributed by atoms with Crippen molar-refractivity contribution < 1.29 is 4.74 Å². The second-order valence-corrected chi connectivity index (χ2v) is 5.93. The topological polar surface area (TPSA) is 24.5 Å². The fourth-order valence-electron chi connectivity index (χ4n) is 1.75. The van der Waals surface area contributed by atoms with Crippen LogP contribution in [0.15, 0.2) is 35.7 Å². The van der Waals surface area contributed by atoms with Gasteiger partial charge < -0.3 is 15.0 Å². The number of aryl methyl sites for hydroxylation is 1. The quantitative estimate of drug-likeness (QED) is 0.866. The molecule has 0 radical (unpaired) electrons. The number of benzene rings is 1. The minimum absolute atomic E-state index is 0.711. The summed E-state index contributed by atoms with van der Waals surface area (Å²) in [6.45, 7) is 2.95. The summed E-state index contributed by atoms with van der Waals surface area (Å²) in [6, 6.07) is 9.86. The summed E-state index contributed by atoms with van der Waals surface area (Å²) >= 11 is 7.19. The molecular weight excluding hydrogens is 288 g/mol. The highest BCUT2D eigenvalue weighted by Gasteiger charge is 2.08. The van der Waals surface area contributed by atoms with Gasteiger partial charge in [0.05, 0.1) is 13.7 Å². The normalized spacial score (nSPS) is 10.2. The van der Waals surface area contributed by atoms with Gasteiger partial charge in [0.2, 0.25) is 0 Å². The van der Waals surface area contributed by atoms with Gasteiger partial charge in [-0.15, -0.1) is 11.3 Å². The maximum atomic E-state index is 5.42. The predicted octanol–water partition coefficient (Wildman–Crippen LogP) is 3.89. The second-order valence-electron chi connectivity index (χ2n) is 4.54. The number of methoxy groups -OCH3 is 1. The van der Waals surface area contributed by atoms with Gasteiger partial charge in [-0.1, -0.05) is 0 Å². The number of anilines is 1. The molecule has 0 aliphatic rings. The molecule has 2 aromatic rings. The standard InChI is InChI=1S/C15H18N2OS2/c1-11-8-9-20-14(11)10-17(2)15(19)16-12-4-6-13(18-3)7-5-12/h4-9H,10H2,1-3H3,(H,16,19). The van der Waals surface area contributed by atoms with Crippen molar-refractivity contribution >= 4 is 34.4 Å². The maximum Gasteiger partial charge on any atom is 0.173 e. The summed E-state index contributed by atoms with van der Waals surface area (Å²) in [7, 11) is 3.65. The third kappa shape index (κ3) is 3.71. The van der Waals surface area contributed by atoms with Crippen LogP contribution in [0.2, 0.25) is 0 Å². The van der Waals surface area contributed by atoms with Crippen LogP contribution >= 0.6 is 23.6 Å². The van der Waals surface area contributed by atoms with E-state index >= 15 is 0 Å². The van der Waals surface area contributed by atoms with E-state index in [-0.39, 0.29) is 0 Å². The Bertz CT molecular complexity index is 578. The van der Waals surface area contributed by atoms with Gasteiger partial charge in [0, 0.05) is 17.6 Å². The highest BCUT2D eigenvalue weighted by atomic mass is 32.1. The Morgan fingerprint density at radius 2 is 2.00 bits per heavy atom. The molecule has 0 amide bonds. The lowest BCUT2D eigenvalue weighted by molar-refractivity contribution is 0.415. The van der Waals surface area contributed by atoms with Crippen LogP contribution in [-0.2, 0) is 6.54 Å². The average molecular weight is 306 g/mol. The van der Waals surface area contributed by atoms with E-state index < -0.39 is 0 Å². The zero-order chi connectivity index (χ0) is 14.5. The predicted molar refractivity (Wildman–Crippen MR) is 89.7 cm³/mol. The number of hydrogen-bond donors (Lipinski definition) is 1. The molecule has 2 rings (SSSR count). The number of hydrogen-bond acceptors (Lipinski definition) is 3. The van der Waals surface area contributed by atoms with E-state index in [9.17, 15) is 0 Å². The lowest BCUT2D eigenvalue weighted by atomic mass is 10.3. The van der Waals surface area contributed by atoms with Crippen molar-refractivity contribution in [3.05, 3.63) is 46.2 Å². The molecule has 0 aliphatic heterocycles. The van der Waals surface area contributed by atoms with Crippen molar-refractivity contribution in [2.45, 2.75) is 13.5 Å².